The Bertz CT molecular complexity index is 419. The quantitative estimate of drug-likeness (QED) is 0.874. The highest BCUT2D eigenvalue weighted by molar-refractivity contribution is 5.30. The predicted octanol–water partition coefficient (Wildman–Crippen LogP) is 2.35. The number of aliphatic hydroxyl groups is 1. The van der Waals surface area contributed by atoms with Gasteiger partial charge in [0.05, 0.1) is 12.7 Å². The Hall–Kier alpha value is -0.900. The van der Waals surface area contributed by atoms with E-state index in [1.165, 1.54) is 18.4 Å². The van der Waals surface area contributed by atoms with Gasteiger partial charge >= 0.3 is 0 Å². The van der Waals surface area contributed by atoms with Crippen molar-refractivity contribution in [1.82, 2.24) is 0 Å². The molecule has 2 unspecified atom stereocenters. The summed E-state index contributed by atoms with van der Waals surface area (Å²) in [6.45, 7) is 1.82. The molecule has 19 heavy (non-hydrogen) atoms. The molecule has 1 aliphatic carbocycles. The molecule has 0 spiro atoms. The molecule has 2 atom stereocenters. The summed E-state index contributed by atoms with van der Waals surface area (Å²) in [5.74, 6) is 0.757. The smallest absolute Gasteiger partial charge is 0.0880 e. The topological polar surface area (TPSA) is 55.5 Å². The number of aliphatic hydroxyl groups excluding tert-OH is 1. The van der Waals surface area contributed by atoms with Crippen LogP contribution in [-0.2, 0) is 4.74 Å². The summed E-state index contributed by atoms with van der Waals surface area (Å²) >= 11 is 0. The molecule has 2 aliphatic rings. The molecule has 3 heteroatoms. The van der Waals surface area contributed by atoms with Gasteiger partial charge in [-0.2, -0.15) is 0 Å². The van der Waals surface area contributed by atoms with E-state index in [1.54, 1.807) is 0 Å². The van der Waals surface area contributed by atoms with Gasteiger partial charge in [-0.1, -0.05) is 24.3 Å². The first-order valence-electron chi connectivity index (χ1n) is 7.31. The molecule has 0 bridgehead atoms. The molecule has 1 saturated heterocycles. The largest absolute Gasteiger partial charge is 0.388 e. The second kappa shape index (κ2) is 5.23. The molecule has 0 amide bonds. The highest BCUT2D eigenvalue weighted by Crippen LogP contribution is 2.42. The van der Waals surface area contributed by atoms with Gasteiger partial charge in [-0.15, -0.1) is 0 Å². The molecule has 3 rings (SSSR count). The maximum atomic E-state index is 10.7. The van der Waals surface area contributed by atoms with Crippen LogP contribution in [0.15, 0.2) is 24.3 Å². The second-order valence-electron chi connectivity index (χ2n) is 6.07. The summed E-state index contributed by atoms with van der Waals surface area (Å²) in [6, 6.07) is 8.43. The van der Waals surface area contributed by atoms with Crippen LogP contribution in [0.3, 0.4) is 0 Å². The molecule has 0 radical (unpaired) electrons. The van der Waals surface area contributed by atoms with E-state index >= 15 is 0 Å². The Morgan fingerprint density at radius 1 is 1.32 bits per heavy atom. The maximum Gasteiger partial charge on any atom is 0.0880 e. The van der Waals surface area contributed by atoms with E-state index < -0.39 is 6.10 Å². The third-order valence-corrected chi connectivity index (χ3v) is 4.64. The van der Waals surface area contributed by atoms with Gasteiger partial charge in [0.25, 0.3) is 0 Å². The fourth-order valence-corrected chi connectivity index (χ4v) is 3.08. The van der Waals surface area contributed by atoms with Gasteiger partial charge in [0.2, 0.25) is 0 Å². The normalized spacial score (nSPS) is 29.2. The van der Waals surface area contributed by atoms with Gasteiger partial charge < -0.3 is 15.6 Å². The maximum absolute atomic E-state index is 10.7. The van der Waals surface area contributed by atoms with Gasteiger partial charge in [0.1, 0.15) is 0 Å². The molecule has 1 saturated carbocycles. The number of ether oxygens (including phenoxy) is 1. The summed E-state index contributed by atoms with van der Waals surface area (Å²) in [4.78, 5) is 0. The van der Waals surface area contributed by atoms with Crippen molar-refractivity contribution in [2.45, 2.75) is 37.7 Å². The van der Waals surface area contributed by atoms with Crippen molar-refractivity contribution < 1.29 is 9.84 Å². The van der Waals surface area contributed by atoms with Crippen molar-refractivity contribution in [2.24, 2.45) is 11.1 Å². The summed E-state index contributed by atoms with van der Waals surface area (Å²) in [5, 5.41) is 10.7. The third kappa shape index (κ3) is 2.55. The second-order valence-corrected chi connectivity index (χ2v) is 6.07. The van der Waals surface area contributed by atoms with Gasteiger partial charge in [-0.05, 0) is 42.7 Å². The number of rotatable bonds is 4. The predicted molar refractivity (Wildman–Crippen MR) is 74.9 cm³/mol. The SMILES string of the molecule is NCC1(C(O)c2ccc(C3CC3)cc2)CCCOC1. The first-order chi connectivity index (χ1) is 9.25. The Morgan fingerprint density at radius 2 is 2.05 bits per heavy atom. The minimum Gasteiger partial charge on any atom is -0.388 e. The lowest BCUT2D eigenvalue weighted by Gasteiger charge is -2.40. The van der Waals surface area contributed by atoms with E-state index in [0.29, 0.717) is 13.2 Å². The molecule has 1 aromatic carbocycles. The zero-order chi connectivity index (χ0) is 13.3. The molecule has 3 N–H and O–H groups in total. The monoisotopic (exact) mass is 261 g/mol. The van der Waals surface area contributed by atoms with E-state index in [0.717, 1.165) is 30.9 Å². The van der Waals surface area contributed by atoms with Crippen LogP contribution in [0.4, 0.5) is 0 Å². The number of benzene rings is 1. The Labute approximate surface area is 114 Å². The molecule has 104 valence electrons. The number of hydrogen-bond donors (Lipinski definition) is 2. The number of nitrogens with two attached hydrogens (primary N) is 1. The lowest BCUT2D eigenvalue weighted by molar-refractivity contribution is -0.0782. The van der Waals surface area contributed by atoms with Crippen LogP contribution in [-0.4, -0.2) is 24.9 Å². The summed E-state index contributed by atoms with van der Waals surface area (Å²) in [7, 11) is 0. The molecule has 0 aromatic heterocycles. The minimum absolute atomic E-state index is 0.306. The molecule has 1 heterocycles. The average molecular weight is 261 g/mol. The lowest BCUT2D eigenvalue weighted by atomic mass is 9.75. The zero-order valence-corrected chi connectivity index (χ0v) is 11.3. The van der Waals surface area contributed by atoms with Crippen LogP contribution >= 0.6 is 0 Å². The number of hydrogen-bond acceptors (Lipinski definition) is 3. The van der Waals surface area contributed by atoms with Crippen LogP contribution in [0.1, 0.15) is 48.8 Å². The summed E-state index contributed by atoms with van der Waals surface area (Å²) in [6.07, 6.45) is 4.01. The standard InChI is InChI=1S/C16H23NO2/c17-10-16(8-1-9-19-11-16)15(18)14-6-4-13(5-7-14)12-2-3-12/h4-7,12,15,18H,1-3,8-11,17H2. The van der Waals surface area contributed by atoms with Gasteiger partial charge in [0.15, 0.2) is 0 Å². The van der Waals surface area contributed by atoms with E-state index in [4.69, 9.17) is 10.5 Å². The van der Waals surface area contributed by atoms with E-state index in [-0.39, 0.29) is 5.41 Å². The van der Waals surface area contributed by atoms with Crippen molar-refractivity contribution in [3.05, 3.63) is 35.4 Å². The van der Waals surface area contributed by atoms with Gasteiger partial charge in [-0.3, -0.25) is 0 Å². The van der Waals surface area contributed by atoms with Crippen LogP contribution < -0.4 is 5.73 Å². The van der Waals surface area contributed by atoms with Crippen molar-refractivity contribution in [2.75, 3.05) is 19.8 Å². The van der Waals surface area contributed by atoms with Crippen molar-refractivity contribution in [1.29, 1.82) is 0 Å². The lowest BCUT2D eigenvalue weighted by Crippen LogP contribution is -2.43. The van der Waals surface area contributed by atoms with Crippen LogP contribution in [0.5, 0.6) is 0 Å². The Morgan fingerprint density at radius 3 is 2.58 bits per heavy atom. The first kappa shape index (κ1) is 13.1. The minimum atomic E-state index is -0.522. The molecule has 1 aromatic rings. The van der Waals surface area contributed by atoms with Crippen LogP contribution in [0.25, 0.3) is 0 Å². The van der Waals surface area contributed by atoms with Crippen molar-refractivity contribution >= 4 is 0 Å². The first-order valence-corrected chi connectivity index (χ1v) is 7.31. The fraction of sp³-hybridized carbons (Fsp3) is 0.625. The van der Waals surface area contributed by atoms with E-state index in [1.807, 2.05) is 0 Å². The molecule has 1 aliphatic heterocycles. The summed E-state index contributed by atoms with van der Waals surface area (Å²) in [5.41, 5.74) is 7.99. The van der Waals surface area contributed by atoms with Crippen LogP contribution in [0.2, 0.25) is 0 Å². The third-order valence-electron chi connectivity index (χ3n) is 4.64. The highest BCUT2D eigenvalue weighted by atomic mass is 16.5. The van der Waals surface area contributed by atoms with E-state index in [9.17, 15) is 5.11 Å². The van der Waals surface area contributed by atoms with Crippen LogP contribution in [0, 0.1) is 5.41 Å². The van der Waals surface area contributed by atoms with Crippen molar-refractivity contribution in [3.63, 3.8) is 0 Å². The molecular formula is C16H23NO2. The fourth-order valence-electron chi connectivity index (χ4n) is 3.08. The van der Waals surface area contributed by atoms with Gasteiger partial charge in [0, 0.05) is 18.6 Å². The van der Waals surface area contributed by atoms with Gasteiger partial charge in [-0.25, -0.2) is 0 Å². The molecule has 3 nitrogen and oxygen atoms in total. The van der Waals surface area contributed by atoms with Crippen molar-refractivity contribution in [3.8, 4) is 0 Å². The Balaban J connectivity index is 1.78. The zero-order valence-electron chi connectivity index (χ0n) is 11.3. The Kier molecular flexibility index (Phi) is 3.61. The van der Waals surface area contributed by atoms with E-state index in [2.05, 4.69) is 24.3 Å². The highest BCUT2D eigenvalue weighted by Gasteiger charge is 2.39. The summed E-state index contributed by atoms with van der Waals surface area (Å²) < 4.78 is 5.55. The molecule has 2 fully saturated rings. The molecular weight excluding hydrogens is 238 g/mol. The average Bonchev–Trinajstić information content (AvgIpc) is 3.32.